The van der Waals surface area contributed by atoms with Crippen LogP contribution in [0.5, 0.6) is 0 Å². The highest BCUT2D eigenvalue weighted by molar-refractivity contribution is 6.26. The number of unbranched alkanes of at least 4 members (excludes halogenated alkanes) is 1. The number of carbonyl (C=O) groups is 2. The second-order valence-electron chi connectivity index (χ2n) is 5.63. The highest BCUT2D eigenvalue weighted by atomic mass is 16.3. The summed E-state index contributed by atoms with van der Waals surface area (Å²) in [5, 5.41) is 19.9. The second-order valence-corrected chi connectivity index (χ2v) is 5.63. The van der Waals surface area contributed by atoms with Gasteiger partial charge in [-0.3, -0.25) is 9.59 Å². The molecule has 0 bridgehead atoms. The first-order valence-corrected chi connectivity index (χ1v) is 7.36. The number of ketones is 1. The fourth-order valence-corrected chi connectivity index (χ4v) is 2.60. The van der Waals surface area contributed by atoms with Gasteiger partial charge in [0.25, 0.3) is 5.91 Å². The molecule has 0 radical (unpaired) electrons. The number of hydrogen-bond acceptors (Lipinski definition) is 4. The van der Waals surface area contributed by atoms with E-state index >= 15 is 0 Å². The number of hydrogen-bond donors (Lipinski definition) is 2. The standard InChI is InChI=1S/C16H25NO4/c1-5-6-7-8-9-10(2)14(19)12-15(20)13(11(3)18)17(4)16(12)21/h5-6,10-11,13,18-19H,7-9H2,1-4H3/b6-5+,14-12-/t10-,11-,13-/m0/s1. The summed E-state index contributed by atoms with van der Waals surface area (Å²) in [5.74, 6) is -1.40. The van der Waals surface area contributed by atoms with Gasteiger partial charge in [0.1, 0.15) is 17.4 Å². The summed E-state index contributed by atoms with van der Waals surface area (Å²) < 4.78 is 0. The van der Waals surface area contributed by atoms with E-state index in [1.165, 1.54) is 18.9 Å². The van der Waals surface area contributed by atoms with Gasteiger partial charge in [-0.2, -0.15) is 0 Å². The van der Waals surface area contributed by atoms with Gasteiger partial charge in [0.2, 0.25) is 0 Å². The molecule has 0 spiro atoms. The van der Waals surface area contributed by atoms with Gasteiger partial charge in [-0.25, -0.2) is 0 Å². The number of Topliss-reactive ketones (excluding diaryl/α,β-unsaturated/α-hetero) is 1. The normalized spacial score (nSPS) is 24.8. The zero-order valence-electron chi connectivity index (χ0n) is 13.2. The predicted molar refractivity (Wildman–Crippen MR) is 80.7 cm³/mol. The van der Waals surface area contributed by atoms with Crippen LogP contribution in [0.25, 0.3) is 0 Å². The van der Waals surface area contributed by atoms with Gasteiger partial charge in [0.05, 0.1) is 6.10 Å². The number of amides is 1. The summed E-state index contributed by atoms with van der Waals surface area (Å²) in [4.78, 5) is 25.6. The van der Waals surface area contributed by atoms with Crippen LogP contribution in [0.1, 0.15) is 40.0 Å². The zero-order chi connectivity index (χ0) is 16.2. The van der Waals surface area contributed by atoms with Gasteiger partial charge in [0, 0.05) is 13.0 Å². The molecule has 0 aliphatic carbocycles. The number of allylic oxidation sites excluding steroid dienone is 3. The molecule has 0 aromatic heterocycles. The van der Waals surface area contributed by atoms with Gasteiger partial charge < -0.3 is 15.1 Å². The van der Waals surface area contributed by atoms with Crippen molar-refractivity contribution in [1.82, 2.24) is 4.90 Å². The van der Waals surface area contributed by atoms with Crippen molar-refractivity contribution in [2.75, 3.05) is 7.05 Å². The van der Waals surface area contributed by atoms with Gasteiger partial charge in [-0.1, -0.05) is 19.1 Å². The average Bonchev–Trinajstić information content (AvgIpc) is 2.64. The van der Waals surface area contributed by atoms with Crippen molar-refractivity contribution in [3.63, 3.8) is 0 Å². The molecule has 5 nitrogen and oxygen atoms in total. The van der Waals surface area contributed by atoms with E-state index in [2.05, 4.69) is 0 Å². The second kappa shape index (κ2) is 7.41. The molecule has 0 saturated carbocycles. The smallest absolute Gasteiger partial charge is 0.261 e. The summed E-state index contributed by atoms with van der Waals surface area (Å²) in [6, 6.07) is -0.898. The molecule has 1 amide bonds. The molecular formula is C16H25NO4. The van der Waals surface area contributed by atoms with Crippen molar-refractivity contribution in [2.24, 2.45) is 5.92 Å². The molecule has 2 N–H and O–H groups in total. The molecule has 1 fully saturated rings. The van der Waals surface area contributed by atoms with Crippen LogP contribution >= 0.6 is 0 Å². The summed E-state index contributed by atoms with van der Waals surface area (Å²) >= 11 is 0. The molecule has 118 valence electrons. The topological polar surface area (TPSA) is 77.8 Å². The van der Waals surface area contributed by atoms with Crippen LogP contribution in [-0.4, -0.2) is 46.0 Å². The van der Waals surface area contributed by atoms with Crippen molar-refractivity contribution < 1.29 is 19.8 Å². The van der Waals surface area contributed by atoms with E-state index in [1.54, 1.807) is 6.92 Å². The predicted octanol–water partition coefficient (Wildman–Crippen LogP) is 1.97. The van der Waals surface area contributed by atoms with Crippen molar-refractivity contribution >= 4 is 11.7 Å². The molecule has 1 saturated heterocycles. The summed E-state index contributed by atoms with van der Waals surface area (Å²) in [6.07, 6.45) is 5.53. The molecule has 5 heteroatoms. The number of likely N-dealkylation sites (tertiary alicyclic amines) is 1. The Balaban J connectivity index is 2.89. The summed E-state index contributed by atoms with van der Waals surface area (Å²) in [6.45, 7) is 5.21. The van der Waals surface area contributed by atoms with E-state index in [0.717, 1.165) is 12.8 Å². The van der Waals surface area contributed by atoms with Crippen molar-refractivity contribution in [2.45, 2.75) is 52.2 Å². The van der Waals surface area contributed by atoms with Gasteiger partial charge in [-0.15, -0.1) is 0 Å². The first-order chi connectivity index (χ1) is 9.82. The van der Waals surface area contributed by atoms with Crippen LogP contribution in [0.15, 0.2) is 23.5 Å². The fourth-order valence-electron chi connectivity index (χ4n) is 2.60. The maximum absolute atomic E-state index is 12.2. The molecule has 1 aliphatic rings. The van der Waals surface area contributed by atoms with Gasteiger partial charge >= 0.3 is 0 Å². The molecule has 3 atom stereocenters. The van der Waals surface area contributed by atoms with Crippen molar-refractivity contribution in [3.05, 3.63) is 23.5 Å². The number of aliphatic hydroxyl groups is 2. The maximum Gasteiger partial charge on any atom is 0.261 e. The minimum absolute atomic E-state index is 0.152. The molecule has 21 heavy (non-hydrogen) atoms. The van der Waals surface area contributed by atoms with Crippen LogP contribution in [0, 0.1) is 5.92 Å². The van der Waals surface area contributed by atoms with Crippen LogP contribution in [0.4, 0.5) is 0 Å². The first-order valence-electron chi connectivity index (χ1n) is 7.36. The Morgan fingerprint density at radius 3 is 2.48 bits per heavy atom. The molecular weight excluding hydrogens is 270 g/mol. The SMILES string of the molecule is C/C=C/CCC[C@H](C)/C(O)=C1\C(=O)[C@H]([C@H](C)O)N(C)C1=O. The first kappa shape index (κ1) is 17.4. The largest absolute Gasteiger partial charge is 0.511 e. The Labute approximate surface area is 125 Å². The number of rotatable bonds is 6. The van der Waals surface area contributed by atoms with E-state index in [4.69, 9.17) is 0 Å². The lowest BCUT2D eigenvalue weighted by molar-refractivity contribution is -0.128. The molecule has 0 aromatic rings. The minimum Gasteiger partial charge on any atom is -0.511 e. The van der Waals surface area contributed by atoms with Crippen LogP contribution in [-0.2, 0) is 9.59 Å². The highest BCUT2D eigenvalue weighted by Crippen LogP contribution is 2.28. The number of likely N-dealkylation sites (N-methyl/N-ethyl adjacent to an activating group) is 1. The third-order valence-corrected chi connectivity index (χ3v) is 3.89. The lowest BCUT2D eigenvalue weighted by Gasteiger charge is -2.19. The Kier molecular flexibility index (Phi) is 6.15. The Morgan fingerprint density at radius 1 is 1.38 bits per heavy atom. The molecule has 0 unspecified atom stereocenters. The molecule has 1 rings (SSSR count). The molecule has 1 aliphatic heterocycles. The minimum atomic E-state index is -0.957. The van der Waals surface area contributed by atoms with Crippen LogP contribution < -0.4 is 0 Å². The van der Waals surface area contributed by atoms with Crippen molar-refractivity contribution in [1.29, 1.82) is 0 Å². The average molecular weight is 295 g/mol. The Morgan fingerprint density at radius 2 is 2.00 bits per heavy atom. The number of carbonyl (C=O) groups excluding carboxylic acids is 2. The van der Waals surface area contributed by atoms with E-state index in [9.17, 15) is 19.8 Å². The lowest BCUT2D eigenvalue weighted by atomic mass is 9.95. The maximum atomic E-state index is 12.2. The Hall–Kier alpha value is -1.62. The van der Waals surface area contributed by atoms with Crippen LogP contribution in [0.3, 0.4) is 0 Å². The van der Waals surface area contributed by atoms with E-state index in [1.807, 2.05) is 19.1 Å². The third kappa shape index (κ3) is 3.73. The van der Waals surface area contributed by atoms with Gasteiger partial charge in [-0.05, 0) is 33.1 Å². The quantitative estimate of drug-likeness (QED) is 0.258. The van der Waals surface area contributed by atoms with Gasteiger partial charge in [0.15, 0.2) is 5.78 Å². The fraction of sp³-hybridized carbons (Fsp3) is 0.625. The summed E-state index contributed by atoms with van der Waals surface area (Å²) in [7, 11) is 1.47. The number of nitrogens with zero attached hydrogens (tertiary/aromatic N) is 1. The van der Waals surface area contributed by atoms with E-state index < -0.39 is 23.8 Å². The highest BCUT2D eigenvalue weighted by Gasteiger charge is 2.45. The lowest BCUT2D eigenvalue weighted by Crippen LogP contribution is -2.40. The third-order valence-electron chi connectivity index (χ3n) is 3.89. The zero-order valence-corrected chi connectivity index (χ0v) is 13.2. The van der Waals surface area contributed by atoms with E-state index in [-0.39, 0.29) is 17.3 Å². The van der Waals surface area contributed by atoms with E-state index in [0.29, 0.717) is 6.42 Å². The van der Waals surface area contributed by atoms with Crippen molar-refractivity contribution in [3.8, 4) is 0 Å². The molecule has 1 heterocycles. The summed E-state index contributed by atoms with van der Waals surface area (Å²) in [5.41, 5.74) is -0.165. The van der Waals surface area contributed by atoms with Crippen LogP contribution in [0.2, 0.25) is 0 Å². The monoisotopic (exact) mass is 295 g/mol. The Bertz CT molecular complexity index is 465. The molecule has 0 aromatic carbocycles. The number of aliphatic hydroxyl groups excluding tert-OH is 2.